The predicted molar refractivity (Wildman–Crippen MR) is 110 cm³/mol. The van der Waals surface area contributed by atoms with Gasteiger partial charge in [-0.2, -0.15) is 9.97 Å². The molecule has 3 aliphatic rings. The van der Waals surface area contributed by atoms with Crippen molar-refractivity contribution >= 4 is 11.9 Å². The molecule has 1 amide bonds. The van der Waals surface area contributed by atoms with Crippen LogP contribution in [0.5, 0.6) is 6.01 Å². The molecule has 9 nitrogen and oxygen atoms in total. The van der Waals surface area contributed by atoms with Crippen LogP contribution in [0.2, 0.25) is 0 Å². The van der Waals surface area contributed by atoms with Crippen molar-refractivity contribution in [3.8, 4) is 6.01 Å². The van der Waals surface area contributed by atoms with Gasteiger partial charge < -0.3 is 29.9 Å². The molecule has 2 N–H and O–H groups in total. The lowest BCUT2D eigenvalue weighted by atomic mass is 10.0. The molecular formula is C20H32N6O3. The Labute approximate surface area is 172 Å². The summed E-state index contributed by atoms with van der Waals surface area (Å²) in [6, 6.07) is 0.801. The minimum atomic E-state index is -0.859. The fraction of sp³-hybridized carbons (Fsp3) is 0.750. The Balaban J connectivity index is 1.59. The number of ether oxygens (including phenoxy) is 1. The van der Waals surface area contributed by atoms with Crippen LogP contribution in [0.4, 0.5) is 10.6 Å². The Morgan fingerprint density at radius 1 is 1.28 bits per heavy atom. The Morgan fingerprint density at radius 3 is 2.83 bits per heavy atom. The zero-order valence-corrected chi connectivity index (χ0v) is 17.6. The maximum Gasteiger partial charge on any atom is 0.407 e. The second kappa shape index (κ2) is 8.31. The molecule has 29 heavy (non-hydrogen) atoms. The van der Waals surface area contributed by atoms with Crippen LogP contribution < -0.4 is 15.0 Å². The van der Waals surface area contributed by atoms with E-state index in [1.165, 1.54) is 11.3 Å². The van der Waals surface area contributed by atoms with Gasteiger partial charge >= 0.3 is 12.1 Å². The molecular weight excluding hydrogens is 372 g/mol. The number of amides is 1. The summed E-state index contributed by atoms with van der Waals surface area (Å²) in [5.74, 6) is 0.913. The first kappa shape index (κ1) is 20.2. The van der Waals surface area contributed by atoms with Gasteiger partial charge in [0, 0.05) is 43.3 Å². The first-order chi connectivity index (χ1) is 13.9. The maximum atomic E-state index is 11.5. The first-order valence-electron chi connectivity index (χ1n) is 10.6. The van der Waals surface area contributed by atoms with Gasteiger partial charge in [-0.3, -0.25) is 0 Å². The molecule has 9 heteroatoms. The highest BCUT2D eigenvalue weighted by Crippen LogP contribution is 2.30. The van der Waals surface area contributed by atoms with E-state index in [2.05, 4.69) is 29.1 Å². The van der Waals surface area contributed by atoms with Gasteiger partial charge in [-0.25, -0.2) is 4.79 Å². The number of rotatable bonds is 4. The third-order valence-corrected chi connectivity index (χ3v) is 6.47. The van der Waals surface area contributed by atoms with Crippen molar-refractivity contribution in [2.75, 3.05) is 44.7 Å². The van der Waals surface area contributed by atoms with E-state index in [0.717, 1.165) is 43.0 Å². The number of hydrogen-bond acceptors (Lipinski definition) is 7. The van der Waals surface area contributed by atoms with Gasteiger partial charge in [0.1, 0.15) is 12.4 Å². The predicted octanol–water partition coefficient (Wildman–Crippen LogP) is 1.17. The minimum absolute atomic E-state index is 0.0463. The zero-order valence-electron chi connectivity index (χ0n) is 17.6. The third kappa shape index (κ3) is 4.11. The number of likely N-dealkylation sites (N-methyl/N-ethyl adjacent to an activating group) is 1. The molecule has 160 valence electrons. The van der Waals surface area contributed by atoms with E-state index in [4.69, 9.17) is 14.7 Å². The second-order valence-corrected chi connectivity index (χ2v) is 8.55. The molecule has 4 rings (SSSR count). The van der Waals surface area contributed by atoms with E-state index in [1.807, 2.05) is 6.92 Å². The van der Waals surface area contributed by atoms with Crippen molar-refractivity contribution in [3.63, 3.8) is 0 Å². The monoisotopic (exact) mass is 404 g/mol. The van der Waals surface area contributed by atoms with Gasteiger partial charge in [0.25, 0.3) is 0 Å². The van der Waals surface area contributed by atoms with E-state index < -0.39 is 6.09 Å². The number of aromatic nitrogens is 2. The number of carboxylic acid groups (broad SMARTS) is 1. The van der Waals surface area contributed by atoms with Crippen molar-refractivity contribution in [2.45, 2.75) is 57.8 Å². The standard InChI is InChI=1S/C20H32N6O3/c1-13-11-26(20(27)28)14(2)10-25(13)18-16-6-7-21-9-17(16)22-19(23-18)29-12-15-5-4-8-24(15)3/h13-15,21H,4-12H2,1-3H3,(H,27,28)/t13-,14+,15-/m0/s1. The van der Waals surface area contributed by atoms with Crippen LogP contribution in [0.15, 0.2) is 0 Å². The molecule has 0 unspecified atom stereocenters. The van der Waals surface area contributed by atoms with Gasteiger partial charge in [0.2, 0.25) is 0 Å². The first-order valence-corrected chi connectivity index (χ1v) is 10.6. The molecule has 1 aromatic rings. The lowest BCUT2D eigenvalue weighted by Gasteiger charge is -2.44. The number of fused-ring (bicyclic) bond motifs is 1. The number of nitrogens with one attached hydrogen (secondary N) is 1. The van der Waals surface area contributed by atoms with Crippen molar-refractivity contribution in [1.29, 1.82) is 0 Å². The lowest BCUT2D eigenvalue weighted by Crippen LogP contribution is -2.58. The topological polar surface area (TPSA) is 94.1 Å². The van der Waals surface area contributed by atoms with Crippen LogP contribution in [0.3, 0.4) is 0 Å². The van der Waals surface area contributed by atoms with E-state index in [9.17, 15) is 9.90 Å². The Bertz CT molecular complexity index is 760. The average molecular weight is 405 g/mol. The Morgan fingerprint density at radius 2 is 2.10 bits per heavy atom. The molecule has 0 aromatic carbocycles. The number of nitrogens with zero attached hydrogens (tertiary/aromatic N) is 5. The SMILES string of the molecule is C[C@@H]1CN(c2nc(OC[C@@H]3CCCN3C)nc3c2CCNC3)[C@@H](C)CN1C(=O)O. The molecule has 0 radical (unpaired) electrons. The quantitative estimate of drug-likeness (QED) is 0.773. The lowest BCUT2D eigenvalue weighted by molar-refractivity contribution is 0.114. The van der Waals surface area contributed by atoms with Crippen LogP contribution in [0, 0.1) is 0 Å². The fourth-order valence-electron chi connectivity index (χ4n) is 4.67. The van der Waals surface area contributed by atoms with E-state index in [1.54, 1.807) is 0 Å². The summed E-state index contributed by atoms with van der Waals surface area (Å²) in [5.41, 5.74) is 2.16. The summed E-state index contributed by atoms with van der Waals surface area (Å²) in [4.78, 5) is 27.1. The third-order valence-electron chi connectivity index (χ3n) is 6.47. The van der Waals surface area contributed by atoms with Crippen LogP contribution in [-0.2, 0) is 13.0 Å². The zero-order chi connectivity index (χ0) is 20.5. The second-order valence-electron chi connectivity index (χ2n) is 8.55. The number of piperazine rings is 1. The van der Waals surface area contributed by atoms with Gasteiger partial charge in [0.15, 0.2) is 0 Å². The highest BCUT2D eigenvalue weighted by molar-refractivity contribution is 5.66. The minimum Gasteiger partial charge on any atom is -0.465 e. The van der Waals surface area contributed by atoms with Crippen molar-refractivity contribution in [2.24, 2.45) is 0 Å². The smallest absolute Gasteiger partial charge is 0.407 e. The molecule has 0 saturated carbocycles. The number of anilines is 1. The molecule has 4 heterocycles. The van der Waals surface area contributed by atoms with Gasteiger partial charge in [0.05, 0.1) is 5.69 Å². The normalized spacial score (nSPS) is 27.8. The van der Waals surface area contributed by atoms with E-state index >= 15 is 0 Å². The summed E-state index contributed by atoms with van der Waals surface area (Å²) in [7, 11) is 2.13. The molecule has 0 spiro atoms. The maximum absolute atomic E-state index is 11.5. The molecule has 3 atom stereocenters. The van der Waals surface area contributed by atoms with Gasteiger partial charge in [-0.15, -0.1) is 0 Å². The number of likely N-dealkylation sites (tertiary alicyclic amines) is 1. The average Bonchev–Trinajstić information content (AvgIpc) is 3.12. The number of hydrogen-bond donors (Lipinski definition) is 2. The van der Waals surface area contributed by atoms with Gasteiger partial charge in [-0.05, 0) is 53.2 Å². The molecule has 1 aromatic heterocycles. The fourth-order valence-corrected chi connectivity index (χ4v) is 4.67. The molecule has 3 aliphatic heterocycles. The largest absolute Gasteiger partial charge is 0.465 e. The molecule has 2 saturated heterocycles. The molecule has 2 fully saturated rings. The van der Waals surface area contributed by atoms with Crippen molar-refractivity contribution in [1.82, 2.24) is 25.1 Å². The Hall–Kier alpha value is -2.13. The van der Waals surface area contributed by atoms with Crippen molar-refractivity contribution < 1.29 is 14.6 Å². The summed E-state index contributed by atoms with van der Waals surface area (Å²) in [6.07, 6.45) is 2.36. The van der Waals surface area contributed by atoms with E-state index in [0.29, 0.717) is 38.3 Å². The molecule has 0 aliphatic carbocycles. The summed E-state index contributed by atoms with van der Waals surface area (Å²) in [5, 5.41) is 12.9. The van der Waals surface area contributed by atoms with Crippen LogP contribution in [-0.4, -0.2) is 88.9 Å². The Kier molecular flexibility index (Phi) is 5.78. The van der Waals surface area contributed by atoms with Crippen LogP contribution >= 0.6 is 0 Å². The highest BCUT2D eigenvalue weighted by Gasteiger charge is 2.35. The molecule has 0 bridgehead atoms. The number of carbonyl (C=O) groups is 1. The van der Waals surface area contributed by atoms with E-state index in [-0.39, 0.29) is 12.1 Å². The van der Waals surface area contributed by atoms with Crippen molar-refractivity contribution in [3.05, 3.63) is 11.3 Å². The van der Waals surface area contributed by atoms with Crippen LogP contribution in [0.1, 0.15) is 37.9 Å². The summed E-state index contributed by atoms with van der Waals surface area (Å²) in [6.45, 7) is 8.42. The summed E-state index contributed by atoms with van der Waals surface area (Å²) >= 11 is 0. The van der Waals surface area contributed by atoms with Gasteiger partial charge in [-0.1, -0.05) is 0 Å². The summed E-state index contributed by atoms with van der Waals surface area (Å²) < 4.78 is 6.06. The highest BCUT2D eigenvalue weighted by atomic mass is 16.5. The van der Waals surface area contributed by atoms with Crippen LogP contribution in [0.25, 0.3) is 0 Å².